The molecule has 116 valence electrons. The fraction of sp³-hybridized carbons (Fsp3) is 0.875. The zero-order valence-electron chi connectivity index (χ0n) is 13.2. The molecule has 1 fully saturated rings. The van der Waals surface area contributed by atoms with Crippen molar-refractivity contribution in [3.05, 3.63) is 0 Å². The van der Waals surface area contributed by atoms with Crippen LogP contribution in [0.3, 0.4) is 0 Å². The molecular formula is C16H30N2S2. The zero-order chi connectivity index (χ0) is 14.8. The Bertz CT molecular complexity index is 267. The molecule has 1 heterocycles. The van der Waals surface area contributed by atoms with Crippen LogP contribution in [0.5, 0.6) is 0 Å². The smallest absolute Gasteiger partial charge is 0.0780 e. The molecule has 0 aromatic rings. The highest BCUT2D eigenvalue weighted by atomic mass is 32.1. The summed E-state index contributed by atoms with van der Waals surface area (Å²) in [5.41, 5.74) is 0. The quantitative estimate of drug-likeness (QED) is 0.483. The number of piperazine rings is 1. The maximum atomic E-state index is 5.55. The number of hydrogen-bond acceptors (Lipinski definition) is 2. The third-order valence-corrected chi connectivity index (χ3v) is 4.90. The minimum absolute atomic E-state index is 1.05. The van der Waals surface area contributed by atoms with Crippen LogP contribution in [0.25, 0.3) is 0 Å². The first kappa shape index (κ1) is 17.8. The van der Waals surface area contributed by atoms with E-state index in [1.54, 1.807) is 0 Å². The van der Waals surface area contributed by atoms with Crippen molar-refractivity contribution in [3.63, 3.8) is 0 Å². The van der Waals surface area contributed by atoms with Crippen molar-refractivity contribution in [2.75, 3.05) is 26.2 Å². The van der Waals surface area contributed by atoms with Crippen molar-refractivity contribution in [1.82, 2.24) is 9.80 Å². The zero-order valence-corrected chi connectivity index (χ0v) is 14.8. The van der Waals surface area contributed by atoms with Crippen molar-refractivity contribution < 1.29 is 0 Å². The molecule has 1 aliphatic rings. The van der Waals surface area contributed by atoms with Gasteiger partial charge in [-0.15, -0.1) is 0 Å². The van der Waals surface area contributed by atoms with Crippen LogP contribution in [0, 0.1) is 0 Å². The predicted molar refractivity (Wildman–Crippen MR) is 96.6 cm³/mol. The molecule has 0 spiro atoms. The molecule has 0 bridgehead atoms. The molecule has 0 N–H and O–H groups in total. The van der Waals surface area contributed by atoms with E-state index in [1.165, 1.54) is 38.5 Å². The van der Waals surface area contributed by atoms with Gasteiger partial charge in [-0.2, -0.15) is 0 Å². The Morgan fingerprint density at radius 3 is 1.35 bits per heavy atom. The average Bonchev–Trinajstić information content (AvgIpc) is 2.47. The minimum atomic E-state index is 1.05. The summed E-state index contributed by atoms with van der Waals surface area (Å²) < 4.78 is 0. The normalized spacial score (nSPS) is 15.5. The molecule has 1 aliphatic heterocycles. The van der Waals surface area contributed by atoms with E-state index in [4.69, 9.17) is 24.4 Å². The Kier molecular flexibility index (Phi) is 9.36. The van der Waals surface area contributed by atoms with Gasteiger partial charge in [-0.3, -0.25) is 0 Å². The first-order chi connectivity index (χ1) is 9.69. The van der Waals surface area contributed by atoms with E-state index >= 15 is 0 Å². The second-order valence-electron chi connectivity index (χ2n) is 5.68. The molecule has 0 saturated carbocycles. The van der Waals surface area contributed by atoms with E-state index in [-0.39, 0.29) is 0 Å². The third-order valence-electron chi connectivity index (χ3n) is 3.97. The van der Waals surface area contributed by atoms with Gasteiger partial charge >= 0.3 is 0 Å². The van der Waals surface area contributed by atoms with Crippen LogP contribution < -0.4 is 0 Å². The number of rotatable bonds is 8. The molecule has 1 rings (SSSR count). The van der Waals surface area contributed by atoms with E-state index < -0.39 is 0 Å². The Morgan fingerprint density at radius 1 is 0.700 bits per heavy atom. The molecule has 0 unspecified atom stereocenters. The van der Waals surface area contributed by atoms with E-state index in [0.717, 1.165) is 49.0 Å². The first-order valence-electron chi connectivity index (χ1n) is 8.24. The monoisotopic (exact) mass is 314 g/mol. The Balaban J connectivity index is 2.21. The molecule has 4 heteroatoms. The fourth-order valence-electron chi connectivity index (χ4n) is 2.57. The largest absolute Gasteiger partial charge is 0.363 e. The summed E-state index contributed by atoms with van der Waals surface area (Å²) in [4.78, 5) is 7.09. The van der Waals surface area contributed by atoms with Gasteiger partial charge in [0.05, 0.1) is 9.98 Å². The fourth-order valence-corrected chi connectivity index (χ4v) is 3.23. The van der Waals surface area contributed by atoms with Gasteiger partial charge in [-0.1, -0.05) is 64.0 Å². The summed E-state index contributed by atoms with van der Waals surface area (Å²) >= 11 is 11.1. The van der Waals surface area contributed by atoms with Crippen molar-refractivity contribution >= 4 is 34.4 Å². The van der Waals surface area contributed by atoms with Crippen molar-refractivity contribution in [1.29, 1.82) is 0 Å². The average molecular weight is 315 g/mol. The van der Waals surface area contributed by atoms with Crippen LogP contribution in [0.1, 0.15) is 65.2 Å². The number of thiocarbonyl (C=S) groups is 2. The van der Waals surface area contributed by atoms with Crippen LogP contribution in [0.15, 0.2) is 0 Å². The third kappa shape index (κ3) is 6.49. The van der Waals surface area contributed by atoms with Crippen molar-refractivity contribution in [3.8, 4) is 0 Å². The lowest BCUT2D eigenvalue weighted by molar-refractivity contribution is 0.258. The summed E-state index contributed by atoms with van der Waals surface area (Å²) in [6.45, 7) is 8.69. The summed E-state index contributed by atoms with van der Waals surface area (Å²) in [6, 6.07) is 0. The lowest BCUT2D eigenvalue weighted by Crippen LogP contribution is -2.49. The molecule has 0 atom stereocenters. The van der Waals surface area contributed by atoms with Crippen LogP contribution in [0.4, 0.5) is 0 Å². The number of nitrogens with zero attached hydrogens (tertiary/aromatic N) is 2. The van der Waals surface area contributed by atoms with Gasteiger partial charge in [-0.25, -0.2) is 0 Å². The van der Waals surface area contributed by atoms with Gasteiger partial charge in [-0.05, 0) is 25.7 Å². The highest BCUT2D eigenvalue weighted by Gasteiger charge is 2.19. The SMILES string of the molecule is CCCCCC(=S)N1CCN(C(=S)CCCCC)CC1. The number of unbranched alkanes of at least 4 members (excludes halogenated alkanes) is 4. The first-order valence-corrected chi connectivity index (χ1v) is 9.06. The van der Waals surface area contributed by atoms with E-state index in [1.807, 2.05) is 0 Å². The summed E-state index contributed by atoms with van der Waals surface area (Å²) in [6.07, 6.45) is 9.78. The highest BCUT2D eigenvalue weighted by Crippen LogP contribution is 2.12. The Hall–Kier alpha value is -0.220. The Morgan fingerprint density at radius 2 is 1.05 bits per heavy atom. The maximum Gasteiger partial charge on any atom is 0.0780 e. The van der Waals surface area contributed by atoms with Gasteiger partial charge < -0.3 is 9.80 Å². The molecule has 1 saturated heterocycles. The summed E-state index contributed by atoms with van der Waals surface area (Å²) in [5, 5.41) is 0. The second-order valence-corrected chi connectivity index (χ2v) is 6.62. The molecule has 0 aliphatic carbocycles. The minimum Gasteiger partial charge on any atom is -0.363 e. The van der Waals surface area contributed by atoms with Crippen molar-refractivity contribution in [2.45, 2.75) is 65.2 Å². The van der Waals surface area contributed by atoms with E-state index in [0.29, 0.717) is 0 Å². The molecule has 0 aromatic carbocycles. The van der Waals surface area contributed by atoms with Crippen LogP contribution in [0.2, 0.25) is 0 Å². The van der Waals surface area contributed by atoms with Crippen LogP contribution in [-0.4, -0.2) is 46.0 Å². The van der Waals surface area contributed by atoms with E-state index in [9.17, 15) is 0 Å². The topological polar surface area (TPSA) is 6.48 Å². The molecule has 0 radical (unpaired) electrons. The molecule has 0 aromatic heterocycles. The van der Waals surface area contributed by atoms with E-state index in [2.05, 4.69) is 23.6 Å². The van der Waals surface area contributed by atoms with Crippen LogP contribution >= 0.6 is 24.4 Å². The number of hydrogen-bond donors (Lipinski definition) is 0. The molecule has 0 amide bonds. The van der Waals surface area contributed by atoms with Gasteiger partial charge in [0, 0.05) is 26.2 Å². The summed E-state index contributed by atoms with van der Waals surface area (Å²) in [5.74, 6) is 0. The predicted octanol–water partition coefficient (Wildman–Crippen LogP) is 4.42. The van der Waals surface area contributed by atoms with Gasteiger partial charge in [0.2, 0.25) is 0 Å². The molecular weight excluding hydrogens is 284 g/mol. The standard InChI is InChI=1S/C16H30N2S2/c1-3-5-7-9-15(19)17-11-13-18(14-12-17)16(20)10-8-6-4-2/h3-14H2,1-2H3. The van der Waals surface area contributed by atoms with Gasteiger partial charge in [0.1, 0.15) is 0 Å². The lowest BCUT2D eigenvalue weighted by Gasteiger charge is -2.37. The van der Waals surface area contributed by atoms with Gasteiger partial charge in [0.15, 0.2) is 0 Å². The lowest BCUT2D eigenvalue weighted by atomic mass is 10.1. The van der Waals surface area contributed by atoms with Crippen LogP contribution in [-0.2, 0) is 0 Å². The molecule has 2 nitrogen and oxygen atoms in total. The van der Waals surface area contributed by atoms with Gasteiger partial charge in [0.25, 0.3) is 0 Å². The Labute approximate surface area is 135 Å². The maximum absolute atomic E-state index is 5.55. The summed E-state index contributed by atoms with van der Waals surface area (Å²) in [7, 11) is 0. The van der Waals surface area contributed by atoms with Crippen molar-refractivity contribution in [2.24, 2.45) is 0 Å². The second kappa shape index (κ2) is 10.5. The highest BCUT2D eigenvalue weighted by molar-refractivity contribution is 7.80. The molecule has 20 heavy (non-hydrogen) atoms.